The van der Waals surface area contributed by atoms with Gasteiger partial charge in [-0.05, 0) is 6.92 Å². The second kappa shape index (κ2) is 6.80. The molecule has 0 aliphatic heterocycles. The van der Waals surface area contributed by atoms with Crippen LogP contribution < -0.4 is 5.32 Å². The summed E-state index contributed by atoms with van der Waals surface area (Å²) in [6, 6.07) is 0.0456. The highest BCUT2D eigenvalue weighted by atomic mass is 16.5. The van der Waals surface area contributed by atoms with Gasteiger partial charge in [-0.25, -0.2) is 4.98 Å². The summed E-state index contributed by atoms with van der Waals surface area (Å²) in [6.07, 6.45) is 5.56. The molecule has 2 rings (SSSR count). The average Bonchev–Trinajstić information content (AvgIpc) is 3.08. The minimum absolute atomic E-state index is 0.0456. The average molecular weight is 279 g/mol. The normalized spacial score (nSPS) is 12.3. The molecule has 2 heterocycles. The number of carbonyl (C=O) groups excluding carboxylic acids is 1. The van der Waals surface area contributed by atoms with E-state index in [1.165, 1.54) is 0 Å². The fraction of sp³-hybridized carbons (Fsp3) is 0.500. The Morgan fingerprint density at radius 2 is 2.45 bits per heavy atom. The molecular formula is C12H17N5O3. The number of hydrogen-bond donors (Lipinski definition) is 1. The van der Waals surface area contributed by atoms with Gasteiger partial charge < -0.3 is 19.1 Å². The maximum atomic E-state index is 11.8. The van der Waals surface area contributed by atoms with Gasteiger partial charge in [-0.3, -0.25) is 4.79 Å². The summed E-state index contributed by atoms with van der Waals surface area (Å²) < 4.78 is 11.7. The first-order valence-corrected chi connectivity index (χ1v) is 6.23. The zero-order valence-electron chi connectivity index (χ0n) is 11.4. The molecule has 108 valence electrons. The number of amides is 1. The zero-order valence-corrected chi connectivity index (χ0v) is 11.4. The van der Waals surface area contributed by atoms with Gasteiger partial charge in [-0.2, -0.15) is 4.98 Å². The second-order valence-corrected chi connectivity index (χ2v) is 4.38. The van der Waals surface area contributed by atoms with Gasteiger partial charge in [0.05, 0.1) is 12.9 Å². The van der Waals surface area contributed by atoms with Crippen molar-refractivity contribution >= 4 is 5.91 Å². The molecule has 0 spiro atoms. The van der Waals surface area contributed by atoms with Crippen LogP contribution in [0, 0.1) is 0 Å². The minimum atomic E-state index is -0.0855. The van der Waals surface area contributed by atoms with Gasteiger partial charge in [0, 0.05) is 32.0 Å². The number of nitrogens with one attached hydrogen (secondary N) is 1. The lowest BCUT2D eigenvalue weighted by Crippen LogP contribution is -2.25. The Morgan fingerprint density at radius 1 is 1.60 bits per heavy atom. The SMILES string of the molecule is COCc1noc(CNC(=O)C[C@@H](C)n2ccnc2)n1. The smallest absolute Gasteiger partial charge is 0.246 e. The van der Waals surface area contributed by atoms with Crippen LogP contribution in [0.25, 0.3) is 0 Å². The van der Waals surface area contributed by atoms with Gasteiger partial charge in [0.2, 0.25) is 11.8 Å². The van der Waals surface area contributed by atoms with Gasteiger partial charge in [0.1, 0.15) is 6.61 Å². The Kier molecular flexibility index (Phi) is 4.83. The van der Waals surface area contributed by atoms with E-state index in [9.17, 15) is 4.79 Å². The van der Waals surface area contributed by atoms with Crippen molar-refractivity contribution in [2.75, 3.05) is 7.11 Å². The number of carbonyl (C=O) groups is 1. The van der Waals surface area contributed by atoms with Crippen LogP contribution in [0.2, 0.25) is 0 Å². The van der Waals surface area contributed by atoms with Crippen molar-refractivity contribution in [3.05, 3.63) is 30.4 Å². The molecule has 1 atom stereocenters. The molecule has 2 aromatic heterocycles. The van der Waals surface area contributed by atoms with E-state index in [1.54, 1.807) is 19.6 Å². The van der Waals surface area contributed by atoms with Crippen molar-refractivity contribution in [1.29, 1.82) is 0 Å². The van der Waals surface area contributed by atoms with Crippen molar-refractivity contribution in [3.8, 4) is 0 Å². The third kappa shape index (κ3) is 3.89. The van der Waals surface area contributed by atoms with Crippen LogP contribution in [-0.4, -0.2) is 32.7 Å². The lowest BCUT2D eigenvalue weighted by molar-refractivity contribution is -0.122. The number of aromatic nitrogens is 4. The number of imidazole rings is 1. The number of rotatable bonds is 7. The van der Waals surface area contributed by atoms with Gasteiger partial charge in [0.15, 0.2) is 5.82 Å². The Morgan fingerprint density at radius 3 is 3.15 bits per heavy atom. The van der Waals surface area contributed by atoms with Gasteiger partial charge in [0.25, 0.3) is 0 Å². The van der Waals surface area contributed by atoms with E-state index in [0.29, 0.717) is 18.1 Å². The molecule has 0 aromatic carbocycles. The molecule has 0 fully saturated rings. The van der Waals surface area contributed by atoms with Gasteiger partial charge in [-0.15, -0.1) is 0 Å². The molecular weight excluding hydrogens is 262 g/mol. The molecule has 0 saturated carbocycles. The van der Waals surface area contributed by atoms with Crippen LogP contribution >= 0.6 is 0 Å². The number of hydrogen-bond acceptors (Lipinski definition) is 6. The molecule has 0 aliphatic rings. The predicted octanol–water partition coefficient (Wildman–Crippen LogP) is 0.680. The Balaban J connectivity index is 1.77. The van der Waals surface area contributed by atoms with Crippen LogP contribution in [-0.2, 0) is 22.7 Å². The molecule has 0 aliphatic carbocycles. The number of methoxy groups -OCH3 is 1. The summed E-state index contributed by atoms with van der Waals surface area (Å²) in [4.78, 5) is 19.8. The van der Waals surface area contributed by atoms with Crippen LogP contribution in [0.4, 0.5) is 0 Å². The third-order valence-electron chi connectivity index (χ3n) is 2.74. The van der Waals surface area contributed by atoms with E-state index in [0.717, 1.165) is 0 Å². The molecule has 1 amide bonds. The monoisotopic (exact) mass is 279 g/mol. The Labute approximate surface area is 116 Å². The summed E-state index contributed by atoms with van der Waals surface area (Å²) in [5.74, 6) is 0.738. The van der Waals surface area contributed by atoms with E-state index < -0.39 is 0 Å². The highest BCUT2D eigenvalue weighted by molar-refractivity contribution is 5.76. The van der Waals surface area contributed by atoms with Crippen LogP contribution in [0.1, 0.15) is 31.1 Å². The van der Waals surface area contributed by atoms with Crippen LogP contribution in [0.3, 0.4) is 0 Å². The molecule has 0 bridgehead atoms. The van der Waals surface area contributed by atoms with Crippen molar-refractivity contribution in [3.63, 3.8) is 0 Å². The molecule has 0 saturated heterocycles. The first-order valence-electron chi connectivity index (χ1n) is 6.23. The molecule has 2 aromatic rings. The van der Waals surface area contributed by atoms with E-state index in [4.69, 9.17) is 9.26 Å². The highest BCUT2D eigenvalue weighted by Crippen LogP contribution is 2.09. The summed E-state index contributed by atoms with van der Waals surface area (Å²) in [5, 5.41) is 6.45. The highest BCUT2D eigenvalue weighted by Gasteiger charge is 2.12. The summed E-state index contributed by atoms with van der Waals surface area (Å²) in [6.45, 7) is 2.45. The first-order chi connectivity index (χ1) is 9.69. The summed E-state index contributed by atoms with van der Waals surface area (Å²) in [7, 11) is 1.55. The second-order valence-electron chi connectivity index (χ2n) is 4.38. The van der Waals surface area contributed by atoms with Crippen molar-refractivity contribution in [1.82, 2.24) is 25.0 Å². The number of nitrogens with zero attached hydrogens (tertiary/aromatic N) is 4. The molecule has 20 heavy (non-hydrogen) atoms. The standard InChI is InChI=1S/C12H17N5O3/c1-9(17-4-3-13-8-17)5-11(18)14-6-12-15-10(7-19-2)16-20-12/h3-4,8-9H,5-7H2,1-2H3,(H,14,18)/t9-/m1/s1. The van der Waals surface area contributed by atoms with Crippen molar-refractivity contribution < 1.29 is 14.1 Å². The Hall–Kier alpha value is -2.22. The molecule has 1 N–H and O–H groups in total. The summed E-state index contributed by atoms with van der Waals surface area (Å²) in [5.41, 5.74) is 0. The predicted molar refractivity (Wildman–Crippen MR) is 68.4 cm³/mol. The topological polar surface area (TPSA) is 95.1 Å². The van der Waals surface area contributed by atoms with Crippen LogP contribution in [0.5, 0.6) is 0 Å². The van der Waals surface area contributed by atoms with Crippen molar-refractivity contribution in [2.24, 2.45) is 0 Å². The number of ether oxygens (including phenoxy) is 1. The minimum Gasteiger partial charge on any atom is -0.377 e. The maximum absolute atomic E-state index is 11.8. The van der Waals surface area contributed by atoms with Gasteiger partial charge >= 0.3 is 0 Å². The molecule has 0 radical (unpaired) electrons. The molecule has 8 nitrogen and oxygen atoms in total. The van der Waals surface area contributed by atoms with E-state index in [2.05, 4.69) is 20.4 Å². The molecule has 8 heteroatoms. The zero-order chi connectivity index (χ0) is 14.4. The van der Waals surface area contributed by atoms with E-state index >= 15 is 0 Å². The fourth-order valence-corrected chi connectivity index (χ4v) is 1.70. The lowest BCUT2D eigenvalue weighted by Gasteiger charge is -2.11. The lowest BCUT2D eigenvalue weighted by atomic mass is 10.2. The fourth-order valence-electron chi connectivity index (χ4n) is 1.70. The van der Waals surface area contributed by atoms with Crippen LogP contribution in [0.15, 0.2) is 23.2 Å². The largest absolute Gasteiger partial charge is 0.377 e. The molecule has 0 unspecified atom stereocenters. The van der Waals surface area contributed by atoms with E-state index in [-0.39, 0.29) is 25.1 Å². The summed E-state index contributed by atoms with van der Waals surface area (Å²) >= 11 is 0. The van der Waals surface area contributed by atoms with E-state index in [1.807, 2.05) is 17.7 Å². The van der Waals surface area contributed by atoms with Gasteiger partial charge in [-0.1, -0.05) is 5.16 Å². The Bertz CT molecular complexity index is 537. The quantitative estimate of drug-likeness (QED) is 0.800. The maximum Gasteiger partial charge on any atom is 0.246 e. The third-order valence-corrected chi connectivity index (χ3v) is 2.74. The first kappa shape index (κ1) is 14.2. The van der Waals surface area contributed by atoms with Crippen molar-refractivity contribution in [2.45, 2.75) is 32.5 Å².